The highest BCUT2D eigenvalue weighted by atomic mass is 15.1. The molecule has 1 heteroatoms. The van der Waals surface area contributed by atoms with Crippen molar-refractivity contribution in [2.24, 2.45) is 0 Å². The van der Waals surface area contributed by atoms with Crippen molar-refractivity contribution in [1.82, 2.24) is 4.90 Å². The smallest absolute Gasteiger partial charge is 0.00218 e. The van der Waals surface area contributed by atoms with Gasteiger partial charge in [-0.15, -0.1) is 0 Å². The van der Waals surface area contributed by atoms with Crippen molar-refractivity contribution >= 4 is 0 Å². The number of rotatable bonds is 15. The van der Waals surface area contributed by atoms with Crippen LogP contribution in [0.5, 0.6) is 0 Å². The lowest BCUT2D eigenvalue weighted by atomic mass is 10.1. The van der Waals surface area contributed by atoms with Gasteiger partial charge in [-0.3, -0.25) is 0 Å². The summed E-state index contributed by atoms with van der Waals surface area (Å²) in [4.78, 5) is 2.53. The summed E-state index contributed by atoms with van der Waals surface area (Å²) in [7, 11) is 2.29. The Kier molecular flexibility index (Phi) is 16.0. The first-order valence-corrected chi connectivity index (χ1v) is 8.99. The van der Waals surface area contributed by atoms with Gasteiger partial charge in [-0.2, -0.15) is 0 Å². The molecule has 19 heavy (non-hydrogen) atoms. The molecule has 0 amide bonds. The fourth-order valence-corrected chi connectivity index (χ4v) is 2.61. The molecule has 1 nitrogen and oxygen atoms in total. The SMILES string of the molecule is CCCCCCCCCCN(C)CCCCCCC. The molecule has 0 spiro atoms. The molecule has 0 N–H and O–H groups in total. The zero-order valence-electron chi connectivity index (χ0n) is 14.1. The molecular weight excluding hydrogens is 230 g/mol. The van der Waals surface area contributed by atoms with Gasteiger partial charge in [0.2, 0.25) is 0 Å². The summed E-state index contributed by atoms with van der Waals surface area (Å²) in [5.74, 6) is 0. The third kappa shape index (κ3) is 15.9. The highest BCUT2D eigenvalue weighted by Crippen LogP contribution is 2.09. The molecule has 0 aliphatic heterocycles. The third-order valence-corrected chi connectivity index (χ3v) is 4.04. The normalized spacial score (nSPS) is 11.4. The van der Waals surface area contributed by atoms with Crippen molar-refractivity contribution in [2.45, 2.75) is 97.3 Å². The summed E-state index contributed by atoms with van der Waals surface area (Å²) in [6.07, 6.45) is 18.5. The summed E-state index contributed by atoms with van der Waals surface area (Å²) in [6.45, 7) is 7.19. The van der Waals surface area contributed by atoms with E-state index in [4.69, 9.17) is 0 Å². The van der Waals surface area contributed by atoms with Crippen LogP contribution >= 0.6 is 0 Å². The minimum Gasteiger partial charge on any atom is -0.306 e. The Balaban J connectivity index is 3.09. The first-order valence-electron chi connectivity index (χ1n) is 8.99. The van der Waals surface area contributed by atoms with Gasteiger partial charge >= 0.3 is 0 Å². The van der Waals surface area contributed by atoms with Gasteiger partial charge in [-0.1, -0.05) is 84.5 Å². The van der Waals surface area contributed by atoms with Gasteiger partial charge in [0.15, 0.2) is 0 Å². The van der Waals surface area contributed by atoms with Crippen LogP contribution in [0.2, 0.25) is 0 Å². The maximum absolute atomic E-state index is 2.53. The lowest BCUT2D eigenvalue weighted by Crippen LogP contribution is -2.20. The summed E-state index contributed by atoms with van der Waals surface area (Å²) >= 11 is 0. The lowest BCUT2D eigenvalue weighted by Gasteiger charge is -2.16. The van der Waals surface area contributed by atoms with E-state index < -0.39 is 0 Å². The largest absolute Gasteiger partial charge is 0.306 e. The van der Waals surface area contributed by atoms with Gasteiger partial charge < -0.3 is 4.90 Å². The second kappa shape index (κ2) is 16.0. The van der Waals surface area contributed by atoms with E-state index in [1.54, 1.807) is 0 Å². The van der Waals surface area contributed by atoms with E-state index in [-0.39, 0.29) is 0 Å². The molecule has 0 saturated carbocycles. The zero-order chi connectivity index (χ0) is 14.2. The highest BCUT2D eigenvalue weighted by molar-refractivity contribution is 4.54. The van der Waals surface area contributed by atoms with Crippen LogP contribution in [0.15, 0.2) is 0 Å². The van der Waals surface area contributed by atoms with Gasteiger partial charge in [0.25, 0.3) is 0 Å². The number of nitrogens with zero attached hydrogens (tertiary/aromatic N) is 1. The fraction of sp³-hybridized carbons (Fsp3) is 1.00. The van der Waals surface area contributed by atoms with E-state index in [0.717, 1.165) is 0 Å². The average Bonchev–Trinajstić information content (AvgIpc) is 2.41. The summed E-state index contributed by atoms with van der Waals surface area (Å²) in [6, 6.07) is 0. The van der Waals surface area contributed by atoms with Crippen LogP contribution in [0.3, 0.4) is 0 Å². The first-order chi connectivity index (χ1) is 9.31. The average molecular weight is 270 g/mol. The van der Waals surface area contributed by atoms with Crippen LogP contribution in [-0.2, 0) is 0 Å². The molecule has 0 aromatic rings. The van der Waals surface area contributed by atoms with Crippen LogP contribution in [-0.4, -0.2) is 25.0 Å². The molecule has 0 aliphatic rings. The van der Waals surface area contributed by atoms with Crippen molar-refractivity contribution < 1.29 is 0 Å². The standard InChI is InChI=1S/C18H39N/c1-4-6-8-10-11-12-14-16-18-19(3)17-15-13-9-7-5-2/h4-18H2,1-3H3. The van der Waals surface area contributed by atoms with Crippen LogP contribution in [0.1, 0.15) is 97.3 Å². The topological polar surface area (TPSA) is 3.24 Å². The molecule has 0 fully saturated rings. The summed E-state index contributed by atoms with van der Waals surface area (Å²) in [5, 5.41) is 0. The molecule has 116 valence electrons. The second-order valence-corrected chi connectivity index (χ2v) is 6.19. The van der Waals surface area contributed by atoms with Crippen molar-refractivity contribution in [2.75, 3.05) is 20.1 Å². The second-order valence-electron chi connectivity index (χ2n) is 6.19. The van der Waals surface area contributed by atoms with E-state index in [2.05, 4.69) is 25.8 Å². The predicted octanol–water partition coefficient (Wildman–Crippen LogP) is 6.03. The summed E-state index contributed by atoms with van der Waals surface area (Å²) < 4.78 is 0. The van der Waals surface area contributed by atoms with Crippen LogP contribution in [0.4, 0.5) is 0 Å². The van der Waals surface area contributed by atoms with Gasteiger partial charge in [-0.25, -0.2) is 0 Å². The van der Waals surface area contributed by atoms with Crippen LogP contribution in [0, 0.1) is 0 Å². The monoisotopic (exact) mass is 269 g/mol. The Bertz CT molecular complexity index is 156. The first kappa shape index (κ1) is 19.0. The maximum Gasteiger partial charge on any atom is -0.00218 e. The maximum atomic E-state index is 2.53. The lowest BCUT2D eigenvalue weighted by molar-refractivity contribution is 0.314. The molecular formula is C18H39N. The van der Waals surface area contributed by atoms with Gasteiger partial charge in [0, 0.05) is 0 Å². The van der Waals surface area contributed by atoms with Crippen LogP contribution < -0.4 is 0 Å². The van der Waals surface area contributed by atoms with E-state index in [0.29, 0.717) is 0 Å². The van der Waals surface area contributed by atoms with Crippen molar-refractivity contribution in [3.8, 4) is 0 Å². The number of hydrogen-bond acceptors (Lipinski definition) is 1. The summed E-state index contributed by atoms with van der Waals surface area (Å²) in [5.41, 5.74) is 0. The molecule has 0 radical (unpaired) electrons. The van der Waals surface area contributed by atoms with Gasteiger partial charge in [0.05, 0.1) is 0 Å². The van der Waals surface area contributed by atoms with Crippen LogP contribution in [0.25, 0.3) is 0 Å². The Hall–Kier alpha value is -0.0400. The predicted molar refractivity (Wildman–Crippen MR) is 88.9 cm³/mol. The minimum absolute atomic E-state index is 1.31. The minimum atomic E-state index is 1.31. The molecule has 0 unspecified atom stereocenters. The Morgan fingerprint density at radius 3 is 1.16 bits per heavy atom. The van der Waals surface area contributed by atoms with E-state index >= 15 is 0 Å². The van der Waals surface area contributed by atoms with Crippen molar-refractivity contribution in [3.05, 3.63) is 0 Å². The molecule has 0 aromatic carbocycles. The van der Waals surface area contributed by atoms with E-state index in [1.807, 2.05) is 0 Å². The zero-order valence-corrected chi connectivity index (χ0v) is 14.1. The molecule has 0 saturated heterocycles. The Morgan fingerprint density at radius 2 is 0.789 bits per heavy atom. The molecule has 0 heterocycles. The number of hydrogen-bond donors (Lipinski definition) is 0. The highest BCUT2D eigenvalue weighted by Gasteiger charge is 1.98. The number of unbranched alkanes of at least 4 members (excludes halogenated alkanes) is 11. The molecule has 0 aromatic heterocycles. The van der Waals surface area contributed by atoms with Gasteiger partial charge in [-0.05, 0) is 33.0 Å². The van der Waals surface area contributed by atoms with E-state index in [9.17, 15) is 0 Å². The van der Waals surface area contributed by atoms with Crippen molar-refractivity contribution in [1.29, 1.82) is 0 Å². The fourth-order valence-electron chi connectivity index (χ4n) is 2.61. The Labute approximate surface area is 123 Å². The van der Waals surface area contributed by atoms with Crippen molar-refractivity contribution in [3.63, 3.8) is 0 Å². The third-order valence-electron chi connectivity index (χ3n) is 4.04. The van der Waals surface area contributed by atoms with Gasteiger partial charge in [0.1, 0.15) is 0 Å². The molecule has 0 bridgehead atoms. The van der Waals surface area contributed by atoms with E-state index in [1.165, 1.54) is 96.6 Å². The molecule has 0 aliphatic carbocycles. The quantitative estimate of drug-likeness (QED) is 0.328. The Morgan fingerprint density at radius 1 is 0.474 bits per heavy atom. The molecule has 0 atom stereocenters. The molecule has 0 rings (SSSR count).